The normalized spacial score (nSPS) is 11.2. The van der Waals surface area contributed by atoms with E-state index in [2.05, 4.69) is 17.2 Å². The molecular weight excluding hydrogens is 390 g/mol. The van der Waals surface area contributed by atoms with E-state index in [1.54, 1.807) is 27.3 Å². The van der Waals surface area contributed by atoms with Gasteiger partial charge in [0.1, 0.15) is 6.54 Å². The Labute approximate surface area is 181 Å². The molecule has 0 atom stereocenters. The Balaban J connectivity index is 1.46. The molecule has 4 rings (SSSR count). The van der Waals surface area contributed by atoms with E-state index >= 15 is 0 Å². The van der Waals surface area contributed by atoms with Crippen molar-refractivity contribution in [2.24, 2.45) is 0 Å². The lowest BCUT2D eigenvalue weighted by molar-refractivity contribution is -0.131. The fourth-order valence-electron chi connectivity index (χ4n) is 3.83. The molecule has 31 heavy (non-hydrogen) atoms. The average molecular weight is 418 g/mol. The van der Waals surface area contributed by atoms with Crippen LogP contribution in [-0.2, 0) is 31.0 Å². The second kappa shape index (κ2) is 9.04. The van der Waals surface area contributed by atoms with E-state index in [9.17, 15) is 9.59 Å². The molecule has 0 aliphatic rings. The smallest absolute Gasteiger partial charge is 0.329 e. The molecule has 0 saturated heterocycles. The number of nitrogens with zero attached hydrogens (tertiary/aromatic N) is 5. The third kappa shape index (κ3) is 4.45. The molecular formula is C24H27N5O2. The number of likely N-dealkylation sites (N-methyl/N-ethyl adjacent to an activating group) is 1. The van der Waals surface area contributed by atoms with Crippen LogP contribution in [0.15, 0.2) is 71.8 Å². The lowest BCUT2D eigenvalue weighted by atomic mass is 10.2. The molecule has 4 aromatic rings. The highest BCUT2D eigenvalue weighted by Gasteiger charge is 2.17. The summed E-state index contributed by atoms with van der Waals surface area (Å²) in [5.74, 6) is -0.114. The van der Waals surface area contributed by atoms with Crippen molar-refractivity contribution in [1.82, 2.24) is 23.8 Å². The lowest BCUT2D eigenvalue weighted by Crippen LogP contribution is -2.34. The maximum atomic E-state index is 12.9. The number of imidazole rings is 1. The number of aromatic nitrogens is 4. The summed E-state index contributed by atoms with van der Waals surface area (Å²) in [7, 11) is 1.76. The first-order valence-electron chi connectivity index (χ1n) is 10.5. The van der Waals surface area contributed by atoms with Crippen LogP contribution < -0.4 is 5.69 Å². The van der Waals surface area contributed by atoms with E-state index in [1.165, 1.54) is 5.56 Å². The zero-order valence-electron chi connectivity index (χ0n) is 17.9. The Morgan fingerprint density at radius 3 is 2.35 bits per heavy atom. The summed E-state index contributed by atoms with van der Waals surface area (Å²) in [4.78, 5) is 27.5. The van der Waals surface area contributed by atoms with Gasteiger partial charge in [0, 0.05) is 31.9 Å². The van der Waals surface area contributed by atoms with Gasteiger partial charge in [-0.3, -0.25) is 18.6 Å². The summed E-state index contributed by atoms with van der Waals surface area (Å²) in [5, 5.41) is 4.41. The van der Waals surface area contributed by atoms with E-state index in [1.807, 2.05) is 60.3 Å². The minimum atomic E-state index is -0.138. The maximum absolute atomic E-state index is 12.9. The van der Waals surface area contributed by atoms with Crippen LogP contribution >= 0.6 is 0 Å². The second-order valence-corrected chi connectivity index (χ2v) is 7.79. The van der Waals surface area contributed by atoms with Crippen LogP contribution in [0.3, 0.4) is 0 Å². The van der Waals surface area contributed by atoms with Gasteiger partial charge in [-0.2, -0.15) is 5.10 Å². The van der Waals surface area contributed by atoms with Gasteiger partial charge in [0.05, 0.1) is 23.8 Å². The zero-order chi connectivity index (χ0) is 21.8. The molecule has 1 amide bonds. The van der Waals surface area contributed by atoms with Gasteiger partial charge in [-0.05, 0) is 24.1 Å². The first-order chi connectivity index (χ1) is 15.1. The van der Waals surface area contributed by atoms with Gasteiger partial charge in [-0.15, -0.1) is 0 Å². The van der Waals surface area contributed by atoms with Crippen molar-refractivity contribution in [3.05, 3.63) is 88.6 Å². The largest absolute Gasteiger partial charge is 0.340 e. The number of para-hydroxylation sites is 2. The van der Waals surface area contributed by atoms with E-state index in [0.717, 1.165) is 23.0 Å². The molecule has 0 unspecified atom stereocenters. The molecule has 2 aromatic carbocycles. The summed E-state index contributed by atoms with van der Waals surface area (Å²) >= 11 is 0. The molecule has 7 nitrogen and oxygen atoms in total. The van der Waals surface area contributed by atoms with Crippen LogP contribution in [0.4, 0.5) is 0 Å². The molecule has 2 aromatic heterocycles. The quantitative estimate of drug-likeness (QED) is 0.442. The Kier molecular flexibility index (Phi) is 6.02. The van der Waals surface area contributed by atoms with Gasteiger partial charge in [0.25, 0.3) is 0 Å². The van der Waals surface area contributed by atoms with Gasteiger partial charge in [0.2, 0.25) is 5.91 Å². The molecule has 0 bridgehead atoms. The fourth-order valence-corrected chi connectivity index (χ4v) is 3.83. The summed E-state index contributed by atoms with van der Waals surface area (Å²) < 4.78 is 5.19. The van der Waals surface area contributed by atoms with Crippen molar-refractivity contribution in [3.8, 4) is 0 Å². The van der Waals surface area contributed by atoms with E-state index in [-0.39, 0.29) is 18.1 Å². The fraction of sp³-hybridized carbons (Fsp3) is 0.292. The highest BCUT2D eigenvalue weighted by Crippen LogP contribution is 2.14. The third-order valence-electron chi connectivity index (χ3n) is 5.39. The molecule has 0 aliphatic carbocycles. The summed E-state index contributed by atoms with van der Waals surface area (Å²) in [6.45, 7) is 3.82. The van der Waals surface area contributed by atoms with Crippen LogP contribution in [0.1, 0.15) is 24.5 Å². The zero-order valence-corrected chi connectivity index (χ0v) is 17.9. The maximum Gasteiger partial charge on any atom is 0.329 e. The number of rotatable bonds is 8. The number of amides is 1. The Bertz CT molecular complexity index is 1240. The van der Waals surface area contributed by atoms with Gasteiger partial charge in [-0.1, -0.05) is 49.4 Å². The Hall–Kier alpha value is -3.61. The average Bonchev–Trinajstić information content (AvgIpc) is 3.32. The third-order valence-corrected chi connectivity index (χ3v) is 5.39. The molecule has 0 saturated carbocycles. The number of carbonyl (C=O) groups excluding carboxylic acids is 1. The Morgan fingerprint density at radius 1 is 0.968 bits per heavy atom. The van der Waals surface area contributed by atoms with Gasteiger partial charge < -0.3 is 4.90 Å². The van der Waals surface area contributed by atoms with E-state index in [4.69, 9.17) is 0 Å². The molecule has 7 heteroatoms. The van der Waals surface area contributed by atoms with Crippen LogP contribution in [0.5, 0.6) is 0 Å². The number of hydrogen-bond donors (Lipinski definition) is 0. The summed E-state index contributed by atoms with van der Waals surface area (Å²) in [6, 6.07) is 17.7. The van der Waals surface area contributed by atoms with Crippen LogP contribution in [0.2, 0.25) is 0 Å². The van der Waals surface area contributed by atoms with Crippen LogP contribution in [0.25, 0.3) is 11.0 Å². The number of aryl methyl sites for hydroxylation is 1. The number of hydrogen-bond acceptors (Lipinski definition) is 3. The molecule has 0 aliphatic heterocycles. The van der Waals surface area contributed by atoms with Crippen LogP contribution in [0, 0.1) is 0 Å². The standard InChI is InChI=1S/C24H27N5O2/c1-3-13-28-21-11-7-8-12-22(21)29(24(28)31)18-23(30)26(2)15-20-14-25-27(17-20)16-19-9-5-4-6-10-19/h4-12,14,17H,3,13,15-16,18H2,1-2H3. The number of benzene rings is 2. The van der Waals surface area contributed by atoms with Crippen molar-refractivity contribution < 1.29 is 4.79 Å². The first-order valence-corrected chi connectivity index (χ1v) is 10.5. The number of fused-ring (bicyclic) bond motifs is 1. The highest BCUT2D eigenvalue weighted by molar-refractivity contribution is 5.80. The van der Waals surface area contributed by atoms with Crippen molar-refractivity contribution in [1.29, 1.82) is 0 Å². The predicted molar refractivity (Wildman–Crippen MR) is 121 cm³/mol. The molecule has 2 heterocycles. The first kappa shape index (κ1) is 20.7. The minimum Gasteiger partial charge on any atom is -0.340 e. The van der Waals surface area contributed by atoms with Crippen molar-refractivity contribution in [2.75, 3.05) is 7.05 Å². The highest BCUT2D eigenvalue weighted by atomic mass is 16.2. The molecule has 160 valence electrons. The second-order valence-electron chi connectivity index (χ2n) is 7.79. The SMILES string of the molecule is CCCn1c(=O)n(CC(=O)N(C)Cc2cnn(Cc3ccccc3)c2)c2ccccc21. The lowest BCUT2D eigenvalue weighted by Gasteiger charge is -2.16. The van der Waals surface area contributed by atoms with Gasteiger partial charge in [0.15, 0.2) is 0 Å². The van der Waals surface area contributed by atoms with Crippen molar-refractivity contribution in [2.45, 2.75) is 39.5 Å². The summed E-state index contributed by atoms with van der Waals surface area (Å²) in [6.07, 6.45) is 4.59. The molecule has 0 radical (unpaired) electrons. The van der Waals surface area contributed by atoms with E-state index < -0.39 is 0 Å². The van der Waals surface area contributed by atoms with Crippen molar-refractivity contribution in [3.63, 3.8) is 0 Å². The van der Waals surface area contributed by atoms with Crippen molar-refractivity contribution >= 4 is 16.9 Å². The Morgan fingerprint density at radius 2 is 1.65 bits per heavy atom. The van der Waals surface area contributed by atoms with Crippen LogP contribution in [-0.4, -0.2) is 36.8 Å². The minimum absolute atomic E-state index is 0.0186. The topological polar surface area (TPSA) is 65.1 Å². The molecule has 0 N–H and O–H groups in total. The summed E-state index contributed by atoms with van der Waals surface area (Å²) in [5.41, 5.74) is 3.64. The van der Waals surface area contributed by atoms with E-state index in [0.29, 0.717) is 19.6 Å². The molecule has 0 fully saturated rings. The monoisotopic (exact) mass is 417 g/mol. The van der Waals surface area contributed by atoms with Gasteiger partial charge >= 0.3 is 5.69 Å². The number of carbonyl (C=O) groups is 1. The van der Waals surface area contributed by atoms with Gasteiger partial charge in [-0.25, -0.2) is 4.79 Å². The predicted octanol–water partition coefficient (Wildman–Crippen LogP) is 3.12. The molecule has 0 spiro atoms.